The van der Waals surface area contributed by atoms with Gasteiger partial charge in [-0.15, -0.1) is 0 Å². The molecule has 0 spiro atoms. The zero-order valence-corrected chi connectivity index (χ0v) is 27.4. The monoisotopic (exact) mass is 658 g/mol. The number of benzene rings is 5. The highest BCUT2D eigenvalue weighted by Gasteiger charge is 2.43. The third-order valence-corrected chi connectivity index (χ3v) is 9.58. The van der Waals surface area contributed by atoms with Crippen LogP contribution >= 0.6 is 0 Å². The van der Waals surface area contributed by atoms with Gasteiger partial charge in [0.2, 0.25) is 0 Å². The SMILES string of the molecule is O=C1c2ccc3c4c(ccc(c24)C(=O)N1N(CCC1=CCCC=C1)c1ccccc1)C(=O)N(N(CCc1ccccc1)c1ccccc1)C3=O. The Morgan fingerprint density at radius 1 is 0.480 bits per heavy atom. The molecule has 5 aromatic rings. The van der Waals surface area contributed by atoms with E-state index in [1.165, 1.54) is 10.0 Å². The molecule has 0 bridgehead atoms. The quantitative estimate of drug-likeness (QED) is 0.143. The Morgan fingerprint density at radius 2 is 0.900 bits per heavy atom. The van der Waals surface area contributed by atoms with Gasteiger partial charge < -0.3 is 0 Å². The van der Waals surface area contributed by atoms with Crippen molar-refractivity contribution < 1.29 is 19.2 Å². The molecule has 50 heavy (non-hydrogen) atoms. The Balaban J connectivity index is 1.18. The summed E-state index contributed by atoms with van der Waals surface area (Å²) in [5.74, 6) is -2.02. The van der Waals surface area contributed by atoms with E-state index in [1.54, 1.807) is 34.3 Å². The van der Waals surface area contributed by atoms with Gasteiger partial charge >= 0.3 is 0 Å². The molecule has 2 heterocycles. The highest BCUT2D eigenvalue weighted by molar-refractivity contribution is 6.33. The summed E-state index contributed by atoms with van der Waals surface area (Å²) in [7, 11) is 0. The van der Waals surface area contributed by atoms with Crippen molar-refractivity contribution in [2.45, 2.75) is 25.7 Å². The Bertz CT molecular complexity index is 2140. The largest absolute Gasteiger partial charge is 0.280 e. The average Bonchev–Trinajstić information content (AvgIpc) is 3.17. The van der Waals surface area contributed by atoms with Gasteiger partial charge in [0.15, 0.2) is 0 Å². The molecule has 8 nitrogen and oxygen atoms in total. The molecule has 0 aromatic heterocycles. The molecule has 2 aliphatic heterocycles. The minimum Gasteiger partial charge on any atom is -0.275 e. The first-order chi connectivity index (χ1) is 24.5. The fourth-order valence-corrected chi connectivity index (χ4v) is 7.14. The Kier molecular flexibility index (Phi) is 8.04. The van der Waals surface area contributed by atoms with Gasteiger partial charge in [0.25, 0.3) is 23.6 Å². The van der Waals surface area contributed by atoms with Crippen molar-refractivity contribution >= 4 is 45.8 Å². The van der Waals surface area contributed by atoms with Gasteiger partial charge in [-0.05, 0) is 79.8 Å². The van der Waals surface area contributed by atoms with Gasteiger partial charge in [0.05, 0.1) is 33.6 Å². The van der Waals surface area contributed by atoms with Crippen LogP contribution in [0, 0.1) is 0 Å². The summed E-state index contributed by atoms with van der Waals surface area (Å²) < 4.78 is 0. The number of allylic oxidation sites excluding steroid dienone is 3. The number of amides is 4. The fraction of sp³-hybridized carbons (Fsp3) is 0.143. The number of anilines is 2. The number of hydrogen-bond donors (Lipinski definition) is 0. The molecule has 0 radical (unpaired) electrons. The van der Waals surface area contributed by atoms with Crippen molar-refractivity contribution in [3.05, 3.63) is 167 Å². The maximum atomic E-state index is 14.4. The molecule has 8 rings (SSSR count). The van der Waals surface area contributed by atoms with Crippen molar-refractivity contribution in [1.29, 1.82) is 0 Å². The van der Waals surface area contributed by atoms with Crippen LogP contribution < -0.4 is 10.0 Å². The van der Waals surface area contributed by atoms with Crippen LogP contribution in [0.25, 0.3) is 10.8 Å². The van der Waals surface area contributed by atoms with E-state index in [0.717, 1.165) is 24.0 Å². The first-order valence-electron chi connectivity index (χ1n) is 16.9. The topological polar surface area (TPSA) is 81.2 Å². The van der Waals surface area contributed by atoms with Crippen molar-refractivity contribution in [3.63, 3.8) is 0 Å². The lowest BCUT2D eigenvalue weighted by atomic mass is 9.86. The number of hydrazine groups is 2. The van der Waals surface area contributed by atoms with Crippen LogP contribution in [0.4, 0.5) is 11.4 Å². The maximum Gasteiger partial charge on any atom is 0.280 e. The van der Waals surface area contributed by atoms with Crippen LogP contribution in [0.3, 0.4) is 0 Å². The summed E-state index contributed by atoms with van der Waals surface area (Å²) in [6, 6.07) is 35.1. The van der Waals surface area contributed by atoms with Gasteiger partial charge in [-0.25, -0.2) is 0 Å². The lowest BCUT2D eigenvalue weighted by molar-refractivity contribution is 0.0568. The maximum absolute atomic E-state index is 14.4. The predicted molar refractivity (Wildman–Crippen MR) is 194 cm³/mol. The number of nitrogens with zero attached hydrogens (tertiary/aromatic N) is 4. The van der Waals surface area contributed by atoms with Crippen LogP contribution in [-0.4, -0.2) is 46.7 Å². The Labute approximate surface area is 290 Å². The van der Waals surface area contributed by atoms with Gasteiger partial charge in [0, 0.05) is 23.9 Å². The van der Waals surface area contributed by atoms with E-state index in [2.05, 4.69) is 18.2 Å². The first-order valence-corrected chi connectivity index (χ1v) is 16.9. The minimum absolute atomic E-state index is 0.269. The van der Waals surface area contributed by atoms with Gasteiger partial charge in [-0.3, -0.25) is 29.2 Å². The van der Waals surface area contributed by atoms with E-state index >= 15 is 0 Å². The molecule has 0 fully saturated rings. The summed E-state index contributed by atoms with van der Waals surface area (Å²) >= 11 is 0. The van der Waals surface area contributed by atoms with Crippen LogP contribution in [0.5, 0.6) is 0 Å². The van der Waals surface area contributed by atoms with E-state index < -0.39 is 23.6 Å². The van der Waals surface area contributed by atoms with E-state index in [-0.39, 0.29) is 22.3 Å². The van der Waals surface area contributed by atoms with Crippen LogP contribution in [0.15, 0.2) is 139 Å². The molecule has 5 aromatic carbocycles. The number of hydrogen-bond acceptors (Lipinski definition) is 6. The van der Waals surface area contributed by atoms with Gasteiger partial charge in [0.1, 0.15) is 0 Å². The smallest absolute Gasteiger partial charge is 0.275 e. The van der Waals surface area contributed by atoms with Gasteiger partial charge in [-0.2, -0.15) is 10.0 Å². The molecule has 0 saturated heterocycles. The molecule has 3 aliphatic rings. The molecule has 4 amide bonds. The lowest BCUT2D eigenvalue weighted by Gasteiger charge is -2.40. The summed E-state index contributed by atoms with van der Waals surface area (Å²) in [6.07, 6.45) is 9.63. The standard InChI is InChI=1S/C42H34N4O4/c47-39-33-21-23-35-38-36(42(50)46(41(35)49)44(32-19-11-4-12-20-32)28-26-30-15-7-2-8-16-30)24-22-34(37(33)38)40(48)45(39)43(31-17-9-3-10-18-31)27-25-29-13-5-1-6-14-29/h1,3-7,9-24H,2,8,25-28H2. The summed E-state index contributed by atoms with van der Waals surface area (Å²) in [5, 5.41) is 6.54. The normalized spacial score (nSPS) is 15.1. The zero-order chi connectivity index (χ0) is 34.2. The van der Waals surface area contributed by atoms with E-state index in [4.69, 9.17) is 0 Å². The van der Waals surface area contributed by atoms with Crippen molar-refractivity contribution in [1.82, 2.24) is 10.0 Å². The molecule has 0 unspecified atom stereocenters. The first kappa shape index (κ1) is 31.0. The van der Waals surface area contributed by atoms with Crippen LogP contribution in [-0.2, 0) is 6.42 Å². The number of carbonyl (C=O) groups excluding carboxylic acids is 4. The van der Waals surface area contributed by atoms with Crippen LogP contribution in [0.2, 0.25) is 0 Å². The van der Waals surface area contributed by atoms with Crippen molar-refractivity contribution in [2.75, 3.05) is 23.1 Å². The third-order valence-electron chi connectivity index (χ3n) is 9.58. The molecule has 8 heteroatoms. The average molecular weight is 659 g/mol. The Hall–Kier alpha value is -6.28. The molecule has 0 saturated carbocycles. The number of imide groups is 2. The van der Waals surface area contributed by atoms with E-state index in [0.29, 0.717) is 48.1 Å². The van der Waals surface area contributed by atoms with E-state index in [9.17, 15) is 19.2 Å². The second-order valence-electron chi connectivity index (χ2n) is 12.6. The number of para-hydroxylation sites is 2. The number of rotatable bonds is 10. The number of carbonyl (C=O) groups is 4. The van der Waals surface area contributed by atoms with Crippen LogP contribution in [0.1, 0.15) is 66.3 Å². The summed E-state index contributed by atoms with van der Waals surface area (Å²) in [4.78, 5) is 57.6. The summed E-state index contributed by atoms with van der Waals surface area (Å²) in [5.41, 5.74) is 4.72. The van der Waals surface area contributed by atoms with E-state index in [1.807, 2.05) is 91.0 Å². The molecule has 0 atom stereocenters. The third kappa shape index (κ3) is 5.35. The summed E-state index contributed by atoms with van der Waals surface area (Å²) in [6.45, 7) is 0.768. The second-order valence-corrected chi connectivity index (χ2v) is 12.6. The fourth-order valence-electron chi connectivity index (χ4n) is 7.14. The molecular formula is C42H34N4O4. The second kappa shape index (κ2) is 13.0. The minimum atomic E-state index is -0.509. The zero-order valence-electron chi connectivity index (χ0n) is 27.4. The molecule has 246 valence electrons. The molecule has 1 aliphatic carbocycles. The predicted octanol–water partition coefficient (Wildman–Crippen LogP) is 7.78. The Morgan fingerprint density at radius 3 is 1.32 bits per heavy atom. The van der Waals surface area contributed by atoms with Crippen molar-refractivity contribution in [2.24, 2.45) is 0 Å². The van der Waals surface area contributed by atoms with Gasteiger partial charge in [-0.1, -0.05) is 90.5 Å². The highest BCUT2D eigenvalue weighted by Crippen LogP contribution is 2.40. The van der Waals surface area contributed by atoms with Crippen molar-refractivity contribution in [3.8, 4) is 0 Å². The highest BCUT2D eigenvalue weighted by atomic mass is 16.2. The molecular weight excluding hydrogens is 624 g/mol. The molecule has 0 N–H and O–H groups in total. The lowest BCUT2D eigenvalue weighted by Crippen LogP contribution is -2.54.